The van der Waals surface area contributed by atoms with Crippen LogP contribution in [0.2, 0.25) is 0 Å². The lowest BCUT2D eigenvalue weighted by Crippen LogP contribution is -1.96. The fraction of sp³-hybridized carbons (Fsp3) is 0.0909. The first kappa shape index (κ1) is 12.3. The number of halogens is 1. The van der Waals surface area contributed by atoms with Crippen molar-refractivity contribution in [2.24, 2.45) is 0 Å². The summed E-state index contributed by atoms with van der Waals surface area (Å²) in [5.74, 6) is 0.396. The number of benzene rings is 1. The van der Waals surface area contributed by atoms with E-state index in [0.717, 1.165) is 5.56 Å². The Morgan fingerprint density at radius 3 is 2.56 bits per heavy atom. The molecule has 1 aromatic heterocycles. The summed E-state index contributed by atoms with van der Waals surface area (Å²) in [7, 11) is 0. The molecule has 0 aliphatic heterocycles. The fourth-order valence-electron chi connectivity index (χ4n) is 1.26. The monoisotopic (exact) mass is 265 g/mol. The van der Waals surface area contributed by atoms with Gasteiger partial charge in [0.05, 0.1) is 10.8 Å². The minimum Gasteiger partial charge on any atom is -0.417 e. The molecule has 0 amide bonds. The van der Waals surface area contributed by atoms with Crippen LogP contribution in [-0.2, 0) is 5.88 Å². The molecule has 0 spiro atoms. The molecule has 7 heteroatoms. The number of nitro groups is 1. The lowest BCUT2D eigenvalue weighted by molar-refractivity contribution is -0.385. The number of nitro benzene ring substituents is 1. The molecule has 0 unspecified atom stereocenters. The minimum atomic E-state index is -0.525. The van der Waals surface area contributed by atoms with E-state index in [9.17, 15) is 10.1 Å². The molecule has 0 radical (unpaired) electrons. The molecule has 0 bridgehead atoms. The maximum atomic E-state index is 10.8. The Hall–Kier alpha value is -2.21. The molecule has 0 aliphatic rings. The van der Waals surface area contributed by atoms with Crippen molar-refractivity contribution < 1.29 is 9.66 Å². The van der Waals surface area contributed by atoms with Gasteiger partial charge in [0, 0.05) is 24.0 Å². The van der Waals surface area contributed by atoms with E-state index in [1.54, 1.807) is 12.1 Å². The lowest BCUT2D eigenvalue weighted by Gasteiger charge is -2.04. The average molecular weight is 266 g/mol. The molecule has 92 valence electrons. The lowest BCUT2D eigenvalue weighted by atomic mass is 10.3. The van der Waals surface area contributed by atoms with Crippen LogP contribution in [0.5, 0.6) is 11.8 Å². The predicted molar refractivity (Wildman–Crippen MR) is 64.8 cm³/mol. The van der Waals surface area contributed by atoms with Crippen LogP contribution in [0.3, 0.4) is 0 Å². The summed E-state index contributed by atoms with van der Waals surface area (Å²) in [6, 6.07) is 6.07. The molecule has 0 aliphatic carbocycles. The Labute approximate surface area is 107 Å². The van der Waals surface area contributed by atoms with Gasteiger partial charge in [0.25, 0.3) is 0 Å². The quantitative estimate of drug-likeness (QED) is 0.482. The normalized spacial score (nSPS) is 10.1. The maximum Gasteiger partial charge on any atom is 0.322 e. The molecule has 0 saturated heterocycles. The summed E-state index contributed by atoms with van der Waals surface area (Å²) in [5, 5.41) is 10.8. The van der Waals surface area contributed by atoms with Crippen LogP contribution in [0.1, 0.15) is 5.56 Å². The van der Waals surface area contributed by atoms with E-state index in [2.05, 4.69) is 9.97 Å². The van der Waals surface area contributed by atoms with Crippen molar-refractivity contribution in [3.8, 4) is 11.8 Å². The van der Waals surface area contributed by atoms with Crippen LogP contribution in [0, 0.1) is 10.1 Å². The SMILES string of the molecule is O=[N+]([O-])c1ccccc1Oc1ncc(CCl)cn1. The summed E-state index contributed by atoms with van der Waals surface area (Å²) < 4.78 is 5.26. The van der Waals surface area contributed by atoms with Crippen molar-refractivity contribution in [2.75, 3.05) is 0 Å². The number of alkyl halides is 1. The second-order valence-corrected chi connectivity index (χ2v) is 3.60. The first-order chi connectivity index (χ1) is 8.70. The van der Waals surface area contributed by atoms with Crippen molar-refractivity contribution in [3.63, 3.8) is 0 Å². The van der Waals surface area contributed by atoms with E-state index in [1.807, 2.05) is 0 Å². The summed E-state index contributed by atoms with van der Waals surface area (Å²) in [5.41, 5.74) is 0.606. The van der Waals surface area contributed by atoms with Crippen molar-refractivity contribution in [1.82, 2.24) is 9.97 Å². The molecule has 2 aromatic rings. The second-order valence-electron chi connectivity index (χ2n) is 3.33. The van der Waals surface area contributed by atoms with Gasteiger partial charge in [0.1, 0.15) is 0 Å². The molecule has 18 heavy (non-hydrogen) atoms. The number of aromatic nitrogens is 2. The van der Waals surface area contributed by atoms with Gasteiger partial charge in [0.15, 0.2) is 0 Å². The number of para-hydroxylation sites is 2. The van der Waals surface area contributed by atoms with Gasteiger partial charge >= 0.3 is 11.7 Å². The maximum absolute atomic E-state index is 10.8. The van der Waals surface area contributed by atoms with E-state index < -0.39 is 4.92 Å². The van der Waals surface area contributed by atoms with Crippen LogP contribution in [0.4, 0.5) is 5.69 Å². The highest BCUT2D eigenvalue weighted by Gasteiger charge is 2.15. The largest absolute Gasteiger partial charge is 0.417 e. The molecule has 0 N–H and O–H groups in total. The molecular weight excluding hydrogens is 258 g/mol. The van der Waals surface area contributed by atoms with Crippen LogP contribution in [-0.4, -0.2) is 14.9 Å². The van der Waals surface area contributed by atoms with Crippen LogP contribution in [0.25, 0.3) is 0 Å². The van der Waals surface area contributed by atoms with Gasteiger partial charge in [-0.3, -0.25) is 10.1 Å². The van der Waals surface area contributed by atoms with E-state index in [-0.39, 0.29) is 17.4 Å². The smallest absolute Gasteiger partial charge is 0.322 e. The summed E-state index contributed by atoms with van der Waals surface area (Å²) in [4.78, 5) is 18.1. The van der Waals surface area contributed by atoms with Crippen molar-refractivity contribution >= 4 is 17.3 Å². The Balaban J connectivity index is 2.25. The van der Waals surface area contributed by atoms with Crippen molar-refractivity contribution in [1.29, 1.82) is 0 Å². The number of hydrogen-bond donors (Lipinski definition) is 0. The molecule has 0 saturated carbocycles. The third-order valence-corrected chi connectivity index (χ3v) is 2.41. The highest BCUT2D eigenvalue weighted by molar-refractivity contribution is 6.17. The number of nitrogens with zero attached hydrogens (tertiary/aromatic N) is 3. The Kier molecular flexibility index (Phi) is 3.69. The molecule has 1 aromatic carbocycles. The number of ether oxygens (including phenoxy) is 1. The third kappa shape index (κ3) is 2.72. The van der Waals surface area contributed by atoms with Crippen LogP contribution < -0.4 is 4.74 Å². The number of hydrogen-bond acceptors (Lipinski definition) is 5. The van der Waals surface area contributed by atoms with Gasteiger partial charge in [-0.2, -0.15) is 0 Å². The van der Waals surface area contributed by atoms with Gasteiger partial charge < -0.3 is 4.74 Å². The van der Waals surface area contributed by atoms with Crippen molar-refractivity contribution in [3.05, 3.63) is 52.3 Å². The summed E-state index contributed by atoms with van der Waals surface area (Å²) in [6.45, 7) is 0. The molecule has 0 fully saturated rings. The highest BCUT2D eigenvalue weighted by atomic mass is 35.5. The molecule has 6 nitrogen and oxygen atoms in total. The highest BCUT2D eigenvalue weighted by Crippen LogP contribution is 2.28. The molecule has 2 rings (SSSR count). The molecular formula is C11H8ClN3O3. The van der Waals surface area contributed by atoms with E-state index in [1.165, 1.54) is 24.5 Å². The number of rotatable bonds is 4. The zero-order chi connectivity index (χ0) is 13.0. The zero-order valence-corrected chi connectivity index (χ0v) is 9.87. The van der Waals surface area contributed by atoms with Gasteiger partial charge in [-0.15, -0.1) is 11.6 Å². The zero-order valence-electron chi connectivity index (χ0n) is 9.12. The first-order valence-electron chi connectivity index (χ1n) is 4.99. The van der Waals surface area contributed by atoms with E-state index >= 15 is 0 Å². The van der Waals surface area contributed by atoms with Crippen LogP contribution in [0.15, 0.2) is 36.7 Å². The Morgan fingerprint density at radius 2 is 1.94 bits per heavy atom. The minimum absolute atomic E-state index is 0.0400. The Morgan fingerprint density at radius 1 is 1.28 bits per heavy atom. The van der Waals surface area contributed by atoms with Gasteiger partial charge in [0.2, 0.25) is 5.75 Å². The van der Waals surface area contributed by atoms with Gasteiger partial charge in [-0.05, 0) is 6.07 Å². The second kappa shape index (κ2) is 5.42. The average Bonchev–Trinajstić information content (AvgIpc) is 2.40. The van der Waals surface area contributed by atoms with E-state index in [4.69, 9.17) is 16.3 Å². The molecule has 0 atom stereocenters. The summed E-state index contributed by atoms with van der Waals surface area (Å²) >= 11 is 5.60. The standard InChI is InChI=1S/C11H8ClN3O3/c12-5-8-6-13-11(14-7-8)18-10-4-2-1-3-9(10)15(16)17/h1-4,6-7H,5H2. The van der Waals surface area contributed by atoms with Gasteiger partial charge in [-0.1, -0.05) is 12.1 Å². The van der Waals surface area contributed by atoms with E-state index in [0.29, 0.717) is 5.88 Å². The molecule has 1 heterocycles. The topological polar surface area (TPSA) is 78.2 Å². The predicted octanol–water partition coefficient (Wildman–Crippen LogP) is 2.92. The van der Waals surface area contributed by atoms with Crippen LogP contribution >= 0.6 is 11.6 Å². The summed E-state index contributed by atoms with van der Waals surface area (Å²) in [6.07, 6.45) is 3.01. The fourth-order valence-corrected chi connectivity index (χ4v) is 1.40. The third-order valence-electron chi connectivity index (χ3n) is 2.10. The first-order valence-corrected chi connectivity index (χ1v) is 5.52. The Bertz CT molecular complexity index is 560. The van der Waals surface area contributed by atoms with Crippen molar-refractivity contribution in [2.45, 2.75) is 5.88 Å². The van der Waals surface area contributed by atoms with Gasteiger partial charge in [-0.25, -0.2) is 9.97 Å².